The molecule has 506 valence electrons. The largest absolute Gasteiger partial charge is 1.00 e. The Hall–Kier alpha value is -8.09. The van der Waals surface area contributed by atoms with Gasteiger partial charge in [-0.3, -0.25) is 19.3 Å². The topological polar surface area (TPSA) is 312 Å². The molecule has 0 saturated heterocycles. The van der Waals surface area contributed by atoms with Gasteiger partial charge in [0.2, 0.25) is 10.3 Å². The van der Waals surface area contributed by atoms with E-state index in [0.717, 1.165) is 91.6 Å². The first-order valence-corrected chi connectivity index (χ1v) is 33.3. The predicted molar refractivity (Wildman–Crippen MR) is 331 cm³/mol. The number of aryl methyl sites for hydroxylation is 1. The minimum absolute atomic E-state index is 0. The number of aromatic amines is 1. The fourth-order valence-electron chi connectivity index (χ4n) is 6.46. The van der Waals surface area contributed by atoms with Gasteiger partial charge in [0, 0.05) is 59.5 Å². The van der Waals surface area contributed by atoms with E-state index < -0.39 is 47.5 Å². The number of carbonyl (C=O) groups is 3. The van der Waals surface area contributed by atoms with E-state index in [0.29, 0.717) is 31.3 Å². The fourth-order valence-corrected chi connectivity index (χ4v) is 11.5. The van der Waals surface area contributed by atoms with Crippen molar-refractivity contribution in [2.75, 3.05) is 37.1 Å². The van der Waals surface area contributed by atoms with Gasteiger partial charge in [-0.25, -0.2) is 19.7 Å². The van der Waals surface area contributed by atoms with Gasteiger partial charge in [0.05, 0.1) is 29.9 Å². The zero-order valence-corrected chi connectivity index (χ0v) is 54.6. The van der Waals surface area contributed by atoms with Crippen LogP contribution in [0.25, 0.3) is 44.1 Å². The van der Waals surface area contributed by atoms with Gasteiger partial charge in [-0.05, 0) is 164 Å². The molecule has 0 amide bonds. The summed E-state index contributed by atoms with van der Waals surface area (Å²) in [6, 6.07) is 30.8. The molecule has 0 saturated carbocycles. The highest BCUT2D eigenvalue weighted by Gasteiger charge is 2.33. The summed E-state index contributed by atoms with van der Waals surface area (Å²) < 4.78 is 118. The molecule has 11 rings (SSSR count). The third-order valence-electron chi connectivity index (χ3n) is 10.4. The molecule has 4 N–H and O–H groups in total. The van der Waals surface area contributed by atoms with Crippen LogP contribution in [0.15, 0.2) is 161 Å². The summed E-state index contributed by atoms with van der Waals surface area (Å²) >= 11 is 4.64. The maximum Gasteiger partial charge on any atom is 0.562 e. The first-order valence-electron chi connectivity index (χ1n) is 25.9. The molecule has 0 unspecified atom stereocenters. The Labute approximate surface area is 564 Å². The lowest BCUT2D eigenvalue weighted by molar-refractivity contribution is -0.426. The van der Waals surface area contributed by atoms with Crippen LogP contribution in [0.5, 0.6) is 0 Å². The molecule has 0 fully saturated rings. The minimum atomic E-state index is -4.57. The molecule has 7 heterocycles. The number of nitrogens with zero attached hydrogens (tertiary/aromatic N) is 14. The maximum atomic E-state index is 12.8. The molecule has 0 bridgehead atoms. The van der Waals surface area contributed by atoms with E-state index in [1.807, 2.05) is 61.7 Å². The molecule has 42 heteroatoms. The Morgan fingerprint density at radius 1 is 0.526 bits per heavy atom. The first-order chi connectivity index (χ1) is 44.8. The molecule has 25 nitrogen and oxygen atoms in total. The third kappa shape index (κ3) is 26.2. The maximum absolute atomic E-state index is 12.8. The van der Waals surface area contributed by atoms with Crippen molar-refractivity contribution in [3.63, 3.8) is 0 Å². The van der Waals surface area contributed by atoms with Crippen molar-refractivity contribution in [2.24, 2.45) is 0 Å². The van der Waals surface area contributed by atoms with Gasteiger partial charge in [0.1, 0.15) is 60.8 Å². The number of H-pyrrole nitrogens is 1. The van der Waals surface area contributed by atoms with Crippen molar-refractivity contribution >= 4 is 138 Å². The minimum Gasteiger partial charge on any atom is -1.00 e. The average Bonchev–Trinajstić information content (AvgIpc) is 1.72. The molecular weight excluding hydrogens is 1440 g/mol. The van der Waals surface area contributed by atoms with Gasteiger partial charge in [-0.2, -0.15) is 44.3 Å². The van der Waals surface area contributed by atoms with Crippen LogP contribution in [-0.2, 0) is 28.1 Å². The van der Waals surface area contributed by atoms with Gasteiger partial charge in [0.25, 0.3) is 0 Å². The lowest BCUT2D eigenvalue weighted by Crippen LogP contribution is -3.00. The second-order valence-corrected chi connectivity index (χ2v) is 25.1. The molecule has 95 heavy (non-hydrogen) atoms. The molecule has 4 aromatic carbocycles. The lowest BCUT2D eigenvalue weighted by atomic mass is 10.2. The number of pyridine rings is 3. The highest BCUT2D eigenvalue weighted by atomic mass is 35.5. The van der Waals surface area contributed by atoms with E-state index in [1.54, 1.807) is 79.8 Å². The lowest BCUT2D eigenvalue weighted by Gasteiger charge is -2.07. The molecular formula is C53H46Cl2F9N15O10S6. The fraction of sp³-hybridized carbons (Fsp3) is 0.208. The van der Waals surface area contributed by atoms with Crippen molar-refractivity contribution in [3.05, 3.63) is 168 Å². The smallest absolute Gasteiger partial charge is 0.562 e. The van der Waals surface area contributed by atoms with Crippen LogP contribution in [0, 0.1) is 6.92 Å². The van der Waals surface area contributed by atoms with E-state index in [2.05, 4.69) is 67.8 Å². The van der Waals surface area contributed by atoms with E-state index in [9.17, 15) is 53.9 Å². The number of hydrogen-bond acceptors (Lipinski definition) is 26. The number of aliphatic hydroxyl groups is 2. The van der Waals surface area contributed by atoms with Crippen LogP contribution in [0.2, 0.25) is 0 Å². The van der Waals surface area contributed by atoms with Gasteiger partial charge in [-0.15, -0.1) is 20.4 Å². The van der Waals surface area contributed by atoms with E-state index >= 15 is 0 Å². The number of fused-ring (bicyclic) bond motifs is 4. The van der Waals surface area contributed by atoms with Crippen LogP contribution in [0.4, 0.5) is 49.1 Å². The number of aromatic nitrogens is 15. The Morgan fingerprint density at radius 2 is 0.926 bits per heavy atom. The summed E-state index contributed by atoms with van der Waals surface area (Å²) in [5.74, 6) is 1.99. The van der Waals surface area contributed by atoms with Gasteiger partial charge < -0.3 is 32.6 Å². The second kappa shape index (κ2) is 38.5. The number of carbonyl (C=O) groups excluding carboxylic acids is 3. The van der Waals surface area contributed by atoms with Crippen molar-refractivity contribution in [3.8, 4) is 0 Å². The number of nitrogens with one attached hydrogen (secondary N) is 1. The summed E-state index contributed by atoms with van der Waals surface area (Å²) in [6.45, 7) is 3.63. The quantitative estimate of drug-likeness (QED) is 0.0155. The molecule has 0 spiro atoms. The zero-order valence-electron chi connectivity index (χ0n) is 48.2. The molecule has 0 radical (unpaired) electrons. The number of hydrogen-bond donors (Lipinski definition) is 3. The molecule has 0 aliphatic heterocycles. The van der Waals surface area contributed by atoms with Crippen LogP contribution < -0.4 is 31.9 Å². The second-order valence-electron chi connectivity index (χ2n) is 17.3. The summed E-state index contributed by atoms with van der Waals surface area (Å²) in [5, 5.41) is 56.9. The molecule has 11 aromatic rings. The Bertz CT molecular complexity index is 4130. The van der Waals surface area contributed by atoms with Crippen LogP contribution in [0.3, 0.4) is 0 Å². The van der Waals surface area contributed by atoms with Crippen LogP contribution in [-0.4, -0.2) is 141 Å². The SMILES string of the molecule is CC(=O)Cl.Cc1ccc2nnn(OC(=O)On3nnc4ccc(C(F)(F)F)cc43)c2c1.O=C(OCCSSc1ccccn1)On1nnc2ccc(C(F)(F)F)cc21.OCCSSc1cccc[nH+]1.OCCSSc1ccccn1.On1nnc2ccc(C(F)(F)F)cc21.[Cl-]. The molecule has 0 aliphatic carbocycles. The summed E-state index contributed by atoms with van der Waals surface area (Å²) in [6.07, 6.45) is -10.6. The number of alkyl halides is 9. The molecule has 0 aliphatic rings. The number of ether oxygens (including phenoxy) is 1. The van der Waals surface area contributed by atoms with Crippen LogP contribution in [0.1, 0.15) is 29.2 Å². The molecule has 7 aromatic heterocycles. The van der Waals surface area contributed by atoms with E-state index in [-0.39, 0.29) is 70.6 Å². The Kier molecular flexibility index (Phi) is 31.4. The average molecular weight is 1490 g/mol. The van der Waals surface area contributed by atoms with Gasteiger partial charge in [0.15, 0.2) is 6.20 Å². The number of benzene rings is 4. The molecule has 0 atom stereocenters. The van der Waals surface area contributed by atoms with E-state index in [1.165, 1.54) is 28.5 Å². The number of halogens is 11. The zero-order chi connectivity index (χ0) is 68.3. The summed E-state index contributed by atoms with van der Waals surface area (Å²) in [4.78, 5) is 61.0. The van der Waals surface area contributed by atoms with Crippen molar-refractivity contribution < 1.29 is 106 Å². The highest BCUT2D eigenvalue weighted by Crippen LogP contribution is 2.34. The van der Waals surface area contributed by atoms with Gasteiger partial charge >= 0.3 is 30.8 Å². The number of aliphatic hydroxyl groups excluding tert-OH is 2. The van der Waals surface area contributed by atoms with Crippen molar-refractivity contribution in [2.45, 2.75) is 47.5 Å². The van der Waals surface area contributed by atoms with Crippen molar-refractivity contribution in [1.29, 1.82) is 0 Å². The predicted octanol–water partition coefficient (Wildman–Crippen LogP) is 8.54. The summed E-state index contributed by atoms with van der Waals surface area (Å²) in [7, 11) is 9.34. The standard InChI is InChI=1S/C15H9F3N6O3.C15H11F3N4O3S2.C7H4F3N3O.2C7H9NOS2.C2H3ClO.ClH/c1-8-2-4-10-12(6-8)23(21-19-10)26-14(25)27-24-13-7-9(15(16,17)18)3-5-11(13)20-22-24;16-15(17,18)10-4-5-11-12(9-10)22(21-20-11)25-14(23)24-7-8-26-27-13-3-1-2-6-19-13;8-7(9,10)4-1-2-5-6(3-4)13(14)12-11-5;2*9-5-6-10-11-7-3-1-2-4-8-7;1-2(3)4;/h2-7H,1H3;1-6,9H,7-8H2;1-3,14H;2*1-4,9H,5-6H2;1H3;1H. The normalized spacial score (nSPS) is 11.0. The van der Waals surface area contributed by atoms with Gasteiger partial charge in [-0.1, -0.05) is 70.0 Å². The summed E-state index contributed by atoms with van der Waals surface area (Å²) in [5.41, 5.74) is -0.762. The first kappa shape index (κ1) is 77.6. The highest BCUT2D eigenvalue weighted by molar-refractivity contribution is 8.77. The van der Waals surface area contributed by atoms with E-state index in [4.69, 9.17) is 34.7 Å². The monoisotopic (exact) mass is 1490 g/mol. The number of rotatable bonds is 16. The Morgan fingerprint density at radius 3 is 1.36 bits per heavy atom. The Balaban J connectivity index is 0.000000222. The third-order valence-corrected chi connectivity index (χ3v) is 17.2. The van der Waals surface area contributed by atoms with Crippen molar-refractivity contribution in [1.82, 2.24) is 70.6 Å². The van der Waals surface area contributed by atoms with Crippen LogP contribution >= 0.6 is 76.4 Å².